The number of para-hydroxylation sites is 2. The molecular formula is C27H25N3O4. The van der Waals surface area contributed by atoms with Crippen molar-refractivity contribution in [2.75, 3.05) is 17.4 Å². The van der Waals surface area contributed by atoms with Gasteiger partial charge in [-0.25, -0.2) is 9.91 Å². The number of aliphatic hydroxyl groups excluding tert-OH is 1. The summed E-state index contributed by atoms with van der Waals surface area (Å²) in [6.45, 7) is 0. The third kappa shape index (κ3) is 3.85. The number of anilines is 2. The lowest BCUT2D eigenvalue weighted by atomic mass is 9.90. The molecule has 2 aliphatic heterocycles. The SMILES string of the molecule is COc1ccc(C(O)C2C=CC3C(=O)N(c4ccccc4)C(=O)C3N2Nc2ccccc2)cc1. The van der Waals surface area contributed by atoms with Crippen LogP contribution < -0.4 is 15.1 Å². The standard InChI is InChI=1S/C27H25N3O4/c1-34-21-14-12-18(13-15-21)25(31)23-17-16-22-24(30(23)28-19-8-4-2-5-9-19)27(33)29(26(22)32)20-10-6-3-7-11-20/h2-17,22-25,28,31H,1H3. The molecule has 0 radical (unpaired) electrons. The minimum absolute atomic E-state index is 0.283. The van der Waals surface area contributed by atoms with Gasteiger partial charge in [-0.15, -0.1) is 0 Å². The zero-order valence-electron chi connectivity index (χ0n) is 18.6. The van der Waals surface area contributed by atoms with Gasteiger partial charge in [-0.2, -0.15) is 0 Å². The van der Waals surface area contributed by atoms with Crippen molar-refractivity contribution in [1.82, 2.24) is 5.01 Å². The van der Waals surface area contributed by atoms with Crippen LogP contribution in [-0.4, -0.2) is 41.1 Å². The number of nitrogens with zero attached hydrogens (tertiary/aromatic N) is 2. The summed E-state index contributed by atoms with van der Waals surface area (Å²) in [6, 6.07) is 24.1. The quantitative estimate of drug-likeness (QED) is 0.437. The first kappa shape index (κ1) is 21.9. The molecule has 34 heavy (non-hydrogen) atoms. The second-order valence-electron chi connectivity index (χ2n) is 8.30. The number of imide groups is 1. The number of methoxy groups -OCH3 is 1. The van der Waals surface area contributed by atoms with Crippen molar-refractivity contribution in [3.63, 3.8) is 0 Å². The Balaban J connectivity index is 1.52. The van der Waals surface area contributed by atoms with E-state index in [4.69, 9.17) is 4.74 Å². The van der Waals surface area contributed by atoms with Crippen molar-refractivity contribution in [2.24, 2.45) is 5.92 Å². The monoisotopic (exact) mass is 455 g/mol. The van der Waals surface area contributed by atoms with Gasteiger partial charge in [0.1, 0.15) is 11.8 Å². The normalized spacial score (nSPS) is 23.0. The Labute approximate surface area is 197 Å². The van der Waals surface area contributed by atoms with E-state index >= 15 is 0 Å². The van der Waals surface area contributed by atoms with E-state index in [9.17, 15) is 14.7 Å². The van der Waals surface area contributed by atoms with E-state index in [-0.39, 0.29) is 11.8 Å². The number of ether oxygens (including phenoxy) is 1. The molecule has 3 aromatic carbocycles. The van der Waals surface area contributed by atoms with E-state index in [1.54, 1.807) is 72.8 Å². The van der Waals surface area contributed by atoms with Crippen LogP contribution in [0.2, 0.25) is 0 Å². The summed E-state index contributed by atoms with van der Waals surface area (Å²) in [5.41, 5.74) is 5.25. The van der Waals surface area contributed by atoms with Crippen LogP contribution in [0.1, 0.15) is 11.7 Å². The molecule has 7 nitrogen and oxygen atoms in total. The van der Waals surface area contributed by atoms with Crippen LogP contribution in [0.4, 0.5) is 11.4 Å². The third-order valence-electron chi connectivity index (χ3n) is 6.28. The first-order valence-electron chi connectivity index (χ1n) is 11.1. The molecule has 4 atom stereocenters. The Morgan fingerprint density at radius 1 is 0.853 bits per heavy atom. The van der Waals surface area contributed by atoms with Crippen LogP contribution in [0.5, 0.6) is 5.75 Å². The van der Waals surface area contributed by atoms with Gasteiger partial charge >= 0.3 is 0 Å². The number of fused-ring (bicyclic) bond motifs is 1. The molecule has 5 rings (SSSR count). The second kappa shape index (κ2) is 9.13. The van der Waals surface area contributed by atoms with Crippen molar-refractivity contribution < 1.29 is 19.4 Å². The molecule has 7 heteroatoms. The van der Waals surface area contributed by atoms with Gasteiger partial charge in [0.25, 0.3) is 5.91 Å². The molecule has 2 amide bonds. The first-order chi connectivity index (χ1) is 16.6. The summed E-state index contributed by atoms with van der Waals surface area (Å²) >= 11 is 0. The molecule has 0 spiro atoms. The van der Waals surface area contributed by atoms with Gasteiger partial charge in [0.2, 0.25) is 5.91 Å². The van der Waals surface area contributed by atoms with Crippen LogP contribution in [0, 0.1) is 5.92 Å². The highest BCUT2D eigenvalue weighted by molar-refractivity contribution is 6.24. The molecule has 4 unspecified atom stereocenters. The van der Waals surface area contributed by atoms with Gasteiger partial charge < -0.3 is 15.3 Å². The Bertz CT molecular complexity index is 1200. The Hall–Kier alpha value is -3.94. The number of benzene rings is 3. The van der Waals surface area contributed by atoms with Gasteiger partial charge in [-0.05, 0) is 42.0 Å². The number of aliphatic hydroxyl groups is 1. The summed E-state index contributed by atoms with van der Waals surface area (Å²) in [6.07, 6.45) is 2.59. The van der Waals surface area contributed by atoms with Gasteiger partial charge in [-0.3, -0.25) is 9.59 Å². The Morgan fingerprint density at radius 2 is 1.50 bits per heavy atom. The number of hydrogen-bond acceptors (Lipinski definition) is 6. The predicted octanol–water partition coefficient (Wildman–Crippen LogP) is 3.55. The number of amides is 2. The molecule has 0 saturated carbocycles. The third-order valence-corrected chi connectivity index (χ3v) is 6.28. The van der Waals surface area contributed by atoms with E-state index in [1.165, 1.54) is 4.90 Å². The fourth-order valence-corrected chi connectivity index (χ4v) is 4.56. The van der Waals surface area contributed by atoms with Gasteiger partial charge in [0.15, 0.2) is 0 Å². The number of hydrogen-bond donors (Lipinski definition) is 2. The van der Waals surface area contributed by atoms with E-state index in [1.807, 2.05) is 36.4 Å². The Morgan fingerprint density at radius 3 is 2.15 bits per heavy atom. The lowest BCUT2D eigenvalue weighted by Crippen LogP contribution is -2.55. The maximum absolute atomic E-state index is 13.6. The van der Waals surface area contributed by atoms with Crippen LogP contribution in [0.15, 0.2) is 97.1 Å². The summed E-state index contributed by atoms with van der Waals surface area (Å²) in [5, 5.41) is 13.0. The average molecular weight is 456 g/mol. The molecule has 0 aliphatic carbocycles. The number of rotatable bonds is 6. The number of nitrogens with one attached hydrogen (secondary N) is 1. The summed E-state index contributed by atoms with van der Waals surface area (Å²) < 4.78 is 5.22. The molecule has 2 N–H and O–H groups in total. The largest absolute Gasteiger partial charge is 0.497 e. The van der Waals surface area contributed by atoms with Crippen molar-refractivity contribution in [3.05, 3.63) is 103 Å². The van der Waals surface area contributed by atoms with Crippen molar-refractivity contribution in [1.29, 1.82) is 0 Å². The molecule has 0 aromatic heterocycles. The second-order valence-corrected chi connectivity index (χ2v) is 8.30. The molecule has 2 heterocycles. The van der Waals surface area contributed by atoms with Crippen LogP contribution in [0.25, 0.3) is 0 Å². The van der Waals surface area contributed by atoms with Gasteiger partial charge in [0, 0.05) is 5.69 Å². The molecule has 172 valence electrons. The highest BCUT2D eigenvalue weighted by Gasteiger charge is 2.54. The molecule has 1 fully saturated rings. The van der Waals surface area contributed by atoms with Crippen molar-refractivity contribution in [3.8, 4) is 5.75 Å². The fourth-order valence-electron chi connectivity index (χ4n) is 4.56. The lowest BCUT2D eigenvalue weighted by molar-refractivity contribution is -0.123. The summed E-state index contributed by atoms with van der Waals surface area (Å²) in [5.74, 6) is -0.594. The van der Waals surface area contributed by atoms with Crippen LogP contribution >= 0.6 is 0 Å². The van der Waals surface area contributed by atoms with Gasteiger partial charge in [-0.1, -0.05) is 60.7 Å². The zero-order chi connectivity index (χ0) is 23.7. The summed E-state index contributed by atoms with van der Waals surface area (Å²) in [7, 11) is 1.59. The summed E-state index contributed by atoms with van der Waals surface area (Å²) in [4.78, 5) is 28.2. The van der Waals surface area contributed by atoms with E-state index in [2.05, 4.69) is 5.43 Å². The number of carbonyl (C=O) groups is 2. The zero-order valence-corrected chi connectivity index (χ0v) is 18.6. The maximum atomic E-state index is 13.6. The molecule has 3 aromatic rings. The number of carbonyl (C=O) groups excluding carboxylic acids is 2. The molecule has 1 saturated heterocycles. The maximum Gasteiger partial charge on any atom is 0.254 e. The minimum Gasteiger partial charge on any atom is -0.497 e. The average Bonchev–Trinajstić information content (AvgIpc) is 3.15. The fraction of sp³-hybridized carbons (Fsp3) is 0.185. The Kier molecular flexibility index (Phi) is 5.88. The van der Waals surface area contributed by atoms with E-state index in [0.717, 1.165) is 5.69 Å². The number of hydrazine groups is 1. The first-order valence-corrected chi connectivity index (χ1v) is 11.1. The highest BCUT2D eigenvalue weighted by atomic mass is 16.5. The predicted molar refractivity (Wildman–Crippen MR) is 129 cm³/mol. The van der Waals surface area contributed by atoms with Crippen molar-refractivity contribution in [2.45, 2.75) is 18.2 Å². The highest BCUT2D eigenvalue weighted by Crippen LogP contribution is 2.38. The van der Waals surface area contributed by atoms with E-state index < -0.39 is 24.1 Å². The molecule has 0 bridgehead atoms. The minimum atomic E-state index is -0.951. The van der Waals surface area contributed by atoms with E-state index in [0.29, 0.717) is 17.0 Å². The lowest BCUT2D eigenvalue weighted by Gasteiger charge is -2.40. The van der Waals surface area contributed by atoms with Crippen LogP contribution in [0.3, 0.4) is 0 Å². The topological polar surface area (TPSA) is 82.1 Å². The smallest absolute Gasteiger partial charge is 0.254 e. The van der Waals surface area contributed by atoms with Crippen molar-refractivity contribution >= 4 is 23.2 Å². The van der Waals surface area contributed by atoms with Crippen LogP contribution in [-0.2, 0) is 9.59 Å². The molecule has 2 aliphatic rings. The molecular weight excluding hydrogens is 430 g/mol. The van der Waals surface area contributed by atoms with Gasteiger partial charge in [0.05, 0.1) is 30.9 Å².